The minimum Gasteiger partial charge on any atom is -0.313 e. The van der Waals surface area contributed by atoms with E-state index < -0.39 is 5.66 Å². The SMILES string of the molecule is CCC(=N\C1(N(C=O)C(CCC(C)C)c2ccc(C=O)cc2)CCCC(C(C)(C)C)CC1)/C(/C=C(\C)F)=C/CCl. The van der Waals surface area contributed by atoms with E-state index in [4.69, 9.17) is 16.6 Å². The van der Waals surface area contributed by atoms with Gasteiger partial charge in [0.2, 0.25) is 6.41 Å². The third-order valence-electron chi connectivity index (χ3n) is 8.32. The smallest absolute Gasteiger partial charge is 0.212 e. The van der Waals surface area contributed by atoms with Gasteiger partial charge in [-0.3, -0.25) is 14.6 Å². The van der Waals surface area contributed by atoms with Gasteiger partial charge in [0.05, 0.1) is 11.9 Å². The fraction of sp³-hybridized carbons (Fsp3) is 0.618. The number of nitrogens with zero attached hydrogens (tertiary/aromatic N) is 2. The van der Waals surface area contributed by atoms with Gasteiger partial charge in [0, 0.05) is 17.2 Å². The topological polar surface area (TPSA) is 49.7 Å². The molecule has 0 radical (unpaired) electrons. The average molecular weight is 573 g/mol. The van der Waals surface area contributed by atoms with Crippen molar-refractivity contribution in [3.05, 3.63) is 58.9 Å². The highest BCUT2D eigenvalue weighted by Gasteiger charge is 2.43. The zero-order valence-electron chi connectivity index (χ0n) is 25.7. The van der Waals surface area contributed by atoms with Crippen molar-refractivity contribution in [2.24, 2.45) is 22.2 Å². The summed E-state index contributed by atoms with van der Waals surface area (Å²) in [5.41, 5.74) is 2.42. The molecule has 1 aromatic carbocycles. The summed E-state index contributed by atoms with van der Waals surface area (Å²) in [6.45, 7) is 14.7. The van der Waals surface area contributed by atoms with Crippen LogP contribution in [0.4, 0.5) is 4.39 Å². The van der Waals surface area contributed by atoms with Gasteiger partial charge in [0.25, 0.3) is 0 Å². The molecule has 3 atom stereocenters. The van der Waals surface area contributed by atoms with Gasteiger partial charge in [-0.2, -0.15) is 0 Å². The summed E-state index contributed by atoms with van der Waals surface area (Å²) in [6, 6.07) is 7.37. The number of aliphatic imine (C=N–C) groups is 1. The molecular weight excluding hydrogens is 523 g/mol. The highest BCUT2D eigenvalue weighted by molar-refractivity contribution is 6.19. The predicted octanol–water partition coefficient (Wildman–Crippen LogP) is 9.65. The predicted molar refractivity (Wildman–Crippen MR) is 167 cm³/mol. The van der Waals surface area contributed by atoms with E-state index in [1.54, 1.807) is 6.08 Å². The molecule has 0 bridgehead atoms. The maximum absolute atomic E-state index is 14.1. The van der Waals surface area contributed by atoms with Crippen molar-refractivity contribution in [2.75, 3.05) is 5.88 Å². The van der Waals surface area contributed by atoms with Gasteiger partial charge in [0.15, 0.2) is 0 Å². The van der Waals surface area contributed by atoms with Gasteiger partial charge >= 0.3 is 0 Å². The summed E-state index contributed by atoms with van der Waals surface area (Å²) in [7, 11) is 0. The number of allylic oxidation sites excluding steroid dienone is 4. The minimum atomic E-state index is -0.776. The molecule has 1 aromatic rings. The van der Waals surface area contributed by atoms with Crippen LogP contribution in [-0.4, -0.2) is 34.9 Å². The monoisotopic (exact) mass is 572 g/mol. The van der Waals surface area contributed by atoms with Crippen LogP contribution in [0.15, 0.2) is 52.8 Å². The fourth-order valence-electron chi connectivity index (χ4n) is 5.97. The number of hydrogen-bond acceptors (Lipinski definition) is 3. The number of aldehydes is 1. The molecule has 0 saturated heterocycles. The van der Waals surface area contributed by atoms with Gasteiger partial charge < -0.3 is 4.90 Å². The van der Waals surface area contributed by atoms with Gasteiger partial charge in [-0.1, -0.05) is 71.9 Å². The lowest BCUT2D eigenvalue weighted by Gasteiger charge is -2.44. The van der Waals surface area contributed by atoms with Crippen LogP contribution >= 0.6 is 11.6 Å². The molecule has 6 heteroatoms. The second-order valence-electron chi connectivity index (χ2n) is 12.7. The van der Waals surface area contributed by atoms with Crippen LogP contribution in [-0.2, 0) is 4.79 Å². The van der Waals surface area contributed by atoms with E-state index >= 15 is 0 Å². The molecule has 222 valence electrons. The Bertz CT molecular complexity index is 1050. The second-order valence-corrected chi connectivity index (χ2v) is 13.0. The molecule has 1 amide bonds. The second kappa shape index (κ2) is 15.7. The molecule has 0 heterocycles. The Morgan fingerprint density at radius 2 is 1.82 bits per heavy atom. The Labute approximate surface area is 247 Å². The summed E-state index contributed by atoms with van der Waals surface area (Å²) in [5, 5.41) is 0. The van der Waals surface area contributed by atoms with E-state index in [0.29, 0.717) is 29.4 Å². The molecule has 0 N–H and O–H groups in total. The molecular formula is C34H50ClFN2O2. The summed E-state index contributed by atoms with van der Waals surface area (Å²) >= 11 is 6.10. The number of carbonyl (C=O) groups excluding carboxylic acids is 2. The maximum atomic E-state index is 14.1. The molecule has 0 aliphatic heterocycles. The molecule has 4 nitrogen and oxygen atoms in total. The van der Waals surface area contributed by atoms with Crippen molar-refractivity contribution >= 4 is 30.0 Å². The largest absolute Gasteiger partial charge is 0.313 e. The van der Waals surface area contributed by atoms with Crippen LogP contribution in [0.3, 0.4) is 0 Å². The van der Waals surface area contributed by atoms with E-state index in [1.165, 1.54) is 13.0 Å². The van der Waals surface area contributed by atoms with Crippen molar-refractivity contribution < 1.29 is 14.0 Å². The van der Waals surface area contributed by atoms with Crippen LogP contribution in [0.5, 0.6) is 0 Å². The van der Waals surface area contributed by atoms with Gasteiger partial charge in [-0.25, -0.2) is 4.39 Å². The van der Waals surface area contributed by atoms with Crippen LogP contribution in [0.25, 0.3) is 0 Å². The van der Waals surface area contributed by atoms with Crippen molar-refractivity contribution in [2.45, 2.75) is 112 Å². The Morgan fingerprint density at radius 1 is 1.15 bits per heavy atom. The Balaban J connectivity index is 2.77. The summed E-state index contributed by atoms with van der Waals surface area (Å²) in [6.07, 6.45) is 11.9. The minimum absolute atomic E-state index is 0.152. The van der Waals surface area contributed by atoms with Crippen LogP contribution in [0.1, 0.15) is 122 Å². The zero-order chi connectivity index (χ0) is 29.9. The number of carbonyl (C=O) groups is 2. The van der Waals surface area contributed by atoms with Gasteiger partial charge in [-0.15, -0.1) is 11.6 Å². The first-order valence-electron chi connectivity index (χ1n) is 14.9. The molecule has 40 heavy (non-hydrogen) atoms. The molecule has 2 rings (SSSR count). The summed E-state index contributed by atoms with van der Waals surface area (Å²) < 4.78 is 14.1. The lowest BCUT2D eigenvalue weighted by Crippen LogP contribution is -2.49. The standard InChI is InChI=1S/C34H50ClFN2O2/c1-8-31(29(18-21-35)22-26(4)36)37-34(19-9-10-30(17-20-34)33(5,6)7)38(24-40)32(16-11-25(2)3)28-14-12-27(23-39)13-15-28/h12-15,18,22-25,30,32H,8-11,16-17,19-21H2,1-7H3/b26-22+,29-18+,37-31+. The highest BCUT2D eigenvalue weighted by atomic mass is 35.5. The fourth-order valence-corrected chi connectivity index (χ4v) is 6.14. The van der Waals surface area contributed by atoms with Gasteiger partial charge in [-0.05, 0) is 92.8 Å². The van der Waals surface area contributed by atoms with Crippen molar-refractivity contribution in [1.82, 2.24) is 4.90 Å². The van der Waals surface area contributed by atoms with Crippen LogP contribution in [0, 0.1) is 17.3 Å². The number of halogens is 2. The number of amides is 1. The lowest BCUT2D eigenvalue weighted by molar-refractivity contribution is -0.128. The first-order chi connectivity index (χ1) is 18.9. The first-order valence-corrected chi connectivity index (χ1v) is 15.4. The van der Waals surface area contributed by atoms with E-state index in [0.717, 1.165) is 68.9 Å². The number of benzene rings is 1. The van der Waals surface area contributed by atoms with Gasteiger partial charge in [0.1, 0.15) is 11.9 Å². The maximum Gasteiger partial charge on any atom is 0.212 e. The summed E-state index contributed by atoms with van der Waals surface area (Å²) in [5.74, 6) is 0.910. The van der Waals surface area contributed by atoms with Crippen molar-refractivity contribution in [3.8, 4) is 0 Å². The lowest BCUT2D eigenvalue weighted by atomic mass is 9.76. The first kappa shape index (κ1) is 33.9. The molecule has 3 unspecified atom stereocenters. The Hall–Kier alpha value is -2.27. The van der Waals surface area contributed by atoms with Crippen LogP contribution in [0.2, 0.25) is 0 Å². The number of rotatable bonds is 13. The molecule has 1 aliphatic carbocycles. The molecule has 1 fully saturated rings. The van der Waals surface area contributed by atoms with E-state index in [1.807, 2.05) is 36.1 Å². The van der Waals surface area contributed by atoms with E-state index in [-0.39, 0.29) is 23.2 Å². The van der Waals surface area contributed by atoms with E-state index in [9.17, 15) is 14.0 Å². The Morgan fingerprint density at radius 3 is 2.33 bits per heavy atom. The molecule has 0 spiro atoms. The Kier molecular flexibility index (Phi) is 13.3. The number of hydrogen-bond donors (Lipinski definition) is 0. The van der Waals surface area contributed by atoms with Crippen LogP contribution < -0.4 is 0 Å². The average Bonchev–Trinajstić information content (AvgIpc) is 3.12. The van der Waals surface area contributed by atoms with Crippen molar-refractivity contribution in [1.29, 1.82) is 0 Å². The summed E-state index contributed by atoms with van der Waals surface area (Å²) in [4.78, 5) is 32.0. The van der Waals surface area contributed by atoms with Crippen molar-refractivity contribution in [3.63, 3.8) is 0 Å². The molecule has 0 aromatic heterocycles. The van der Waals surface area contributed by atoms with E-state index in [2.05, 4.69) is 34.6 Å². The normalized spacial score (nSPS) is 22.1. The molecule has 1 saturated carbocycles. The number of alkyl halides is 1. The zero-order valence-corrected chi connectivity index (χ0v) is 26.4. The third-order valence-corrected chi connectivity index (χ3v) is 8.47. The highest BCUT2D eigenvalue weighted by Crippen LogP contribution is 2.45. The third kappa shape index (κ3) is 9.39. The quantitative estimate of drug-likeness (QED) is 0.0776. The molecule has 1 aliphatic rings.